The summed E-state index contributed by atoms with van der Waals surface area (Å²) in [5.74, 6) is -1.35. The van der Waals surface area contributed by atoms with E-state index in [0.29, 0.717) is 0 Å². The standard InChI is InChI=1S/C14H19N3O7S2/c1-25(21,22)10-4-2-3-5-11(10)26(23,24)16-12-8-9(13(15)18)6-7-17(12)14(19)20/h2-5,9,12,16H,6-8H2,1H3,(H2,15,18)(H,19,20). The number of rotatable bonds is 5. The first-order chi connectivity index (χ1) is 11.9. The summed E-state index contributed by atoms with van der Waals surface area (Å²) in [6.45, 7) is -0.0795. The molecule has 0 aromatic heterocycles. The second-order valence-electron chi connectivity index (χ2n) is 5.96. The van der Waals surface area contributed by atoms with Crippen molar-refractivity contribution < 1.29 is 31.5 Å². The summed E-state index contributed by atoms with van der Waals surface area (Å²) in [5, 5.41) is 9.26. The Morgan fingerprint density at radius 1 is 1.19 bits per heavy atom. The quantitative estimate of drug-likeness (QED) is 0.598. The maximum absolute atomic E-state index is 12.7. The predicted octanol–water partition coefficient (Wildman–Crippen LogP) is -0.430. The maximum Gasteiger partial charge on any atom is 0.408 e. The van der Waals surface area contributed by atoms with Gasteiger partial charge in [0.25, 0.3) is 0 Å². The molecule has 2 atom stereocenters. The van der Waals surface area contributed by atoms with Crippen LogP contribution < -0.4 is 10.5 Å². The molecule has 2 rings (SSSR count). The van der Waals surface area contributed by atoms with Crippen LogP contribution in [0.1, 0.15) is 12.8 Å². The third-order valence-electron chi connectivity index (χ3n) is 4.08. The van der Waals surface area contributed by atoms with Crippen LogP contribution in [0, 0.1) is 5.92 Å². The first-order valence-electron chi connectivity index (χ1n) is 7.54. The number of nitrogens with zero attached hydrogens (tertiary/aromatic N) is 1. The van der Waals surface area contributed by atoms with Crippen molar-refractivity contribution in [1.29, 1.82) is 0 Å². The largest absolute Gasteiger partial charge is 0.465 e. The zero-order chi connectivity index (χ0) is 19.7. The van der Waals surface area contributed by atoms with E-state index in [4.69, 9.17) is 5.73 Å². The molecule has 2 unspecified atom stereocenters. The van der Waals surface area contributed by atoms with Gasteiger partial charge in [0, 0.05) is 18.7 Å². The predicted molar refractivity (Wildman–Crippen MR) is 90.3 cm³/mol. The number of carboxylic acid groups (broad SMARTS) is 1. The van der Waals surface area contributed by atoms with Crippen LogP contribution in [0.4, 0.5) is 4.79 Å². The van der Waals surface area contributed by atoms with Gasteiger partial charge in [-0.3, -0.25) is 9.69 Å². The first kappa shape index (κ1) is 20.1. The number of benzene rings is 1. The average Bonchev–Trinajstić information content (AvgIpc) is 2.53. The summed E-state index contributed by atoms with van der Waals surface area (Å²) in [6, 6.07) is 4.98. The molecule has 1 aromatic rings. The smallest absolute Gasteiger partial charge is 0.408 e. The van der Waals surface area contributed by atoms with Gasteiger partial charge in [-0.05, 0) is 25.0 Å². The molecule has 0 spiro atoms. The van der Waals surface area contributed by atoms with Gasteiger partial charge in [-0.2, -0.15) is 4.72 Å². The minimum absolute atomic E-state index is 0.0795. The summed E-state index contributed by atoms with van der Waals surface area (Å²) in [4.78, 5) is 22.7. The van der Waals surface area contributed by atoms with Crippen molar-refractivity contribution in [2.45, 2.75) is 28.8 Å². The molecule has 0 radical (unpaired) electrons. The number of piperidine rings is 1. The Morgan fingerprint density at radius 3 is 2.27 bits per heavy atom. The van der Waals surface area contributed by atoms with Gasteiger partial charge >= 0.3 is 6.09 Å². The van der Waals surface area contributed by atoms with Crippen LogP contribution in [0.5, 0.6) is 0 Å². The molecule has 0 bridgehead atoms. The topological polar surface area (TPSA) is 164 Å². The van der Waals surface area contributed by atoms with Crippen LogP contribution in [0.3, 0.4) is 0 Å². The highest BCUT2D eigenvalue weighted by Crippen LogP contribution is 2.25. The van der Waals surface area contributed by atoms with E-state index >= 15 is 0 Å². The maximum atomic E-state index is 12.7. The number of amides is 2. The number of sulfonamides is 1. The number of hydrogen-bond donors (Lipinski definition) is 3. The van der Waals surface area contributed by atoms with Crippen LogP contribution in [0.15, 0.2) is 34.1 Å². The number of primary amides is 1. The van der Waals surface area contributed by atoms with E-state index in [-0.39, 0.29) is 19.4 Å². The fraction of sp³-hybridized carbons (Fsp3) is 0.429. The lowest BCUT2D eigenvalue weighted by Crippen LogP contribution is -2.55. The van der Waals surface area contributed by atoms with E-state index in [0.717, 1.165) is 23.3 Å². The van der Waals surface area contributed by atoms with E-state index in [2.05, 4.69) is 4.72 Å². The molecule has 12 heteroatoms. The SMILES string of the molecule is CS(=O)(=O)c1ccccc1S(=O)(=O)NC1CC(C(N)=O)CCN1C(=O)O. The molecule has 1 aliphatic heterocycles. The van der Waals surface area contributed by atoms with Crippen LogP contribution >= 0.6 is 0 Å². The minimum Gasteiger partial charge on any atom is -0.465 e. The molecule has 144 valence electrons. The van der Waals surface area contributed by atoms with Gasteiger partial charge in [0.05, 0.1) is 4.90 Å². The third kappa shape index (κ3) is 4.31. The molecule has 0 saturated carbocycles. The highest BCUT2D eigenvalue weighted by atomic mass is 32.2. The van der Waals surface area contributed by atoms with Crippen molar-refractivity contribution in [3.05, 3.63) is 24.3 Å². The molecule has 1 aliphatic rings. The van der Waals surface area contributed by atoms with Gasteiger partial charge in [-0.25, -0.2) is 21.6 Å². The molecule has 1 heterocycles. The van der Waals surface area contributed by atoms with E-state index < -0.39 is 53.7 Å². The lowest BCUT2D eigenvalue weighted by Gasteiger charge is -2.36. The highest BCUT2D eigenvalue weighted by molar-refractivity contribution is 7.93. The number of nitrogens with two attached hydrogens (primary N) is 1. The van der Waals surface area contributed by atoms with Crippen LogP contribution in [-0.4, -0.2) is 57.8 Å². The number of nitrogens with one attached hydrogen (secondary N) is 1. The van der Waals surface area contributed by atoms with Crippen molar-refractivity contribution in [3.63, 3.8) is 0 Å². The molecule has 1 saturated heterocycles. The van der Waals surface area contributed by atoms with Gasteiger partial charge in [0.1, 0.15) is 11.1 Å². The van der Waals surface area contributed by atoms with Crippen molar-refractivity contribution >= 4 is 31.9 Å². The Labute approximate surface area is 150 Å². The van der Waals surface area contributed by atoms with Crippen molar-refractivity contribution in [3.8, 4) is 0 Å². The molecular weight excluding hydrogens is 386 g/mol. The fourth-order valence-electron chi connectivity index (χ4n) is 2.79. The molecular formula is C14H19N3O7S2. The summed E-state index contributed by atoms with van der Waals surface area (Å²) in [6.07, 6.45) is -1.69. The summed E-state index contributed by atoms with van der Waals surface area (Å²) in [5.41, 5.74) is 5.25. The Morgan fingerprint density at radius 2 is 1.77 bits per heavy atom. The number of sulfone groups is 1. The molecule has 1 aromatic carbocycles. The van der Waals surface area contributed by atoms with Gasteiger partial charge < -0.3 is 10.8 Å². The zero-order valence-electron chi connectivity index (χ0n) is 13.8. The Hall–Kier alpha value is -2.18. The molecule has 0 aliphatic carbocycles. The molecule has 1 fully saturated rings. The lowest BCUT2D eigenvalue weighted by molar-refractivity contribution is -0.123. The third-order valence-corrected chi connectivity index (χ3v) is 6.88. The van der Waals surface area contributed by atoms with Gasteiger partial charge in [-0.15, -0.1) is 0 Å². The fourth-order valence-corrected chi connectivity index (χ4v) is 5.63. The Bertz CT molecular complexity index is 928. The second kappa shape index (κ2) is 7.21. The van der Waals surface area contributed by atoms with E-state index in [9.17, 15) is 31.5 Å². The molecule has 4 N–H and O–H groups in total. The van der Waals surface area contributed by atoms with Gasteiger partial charge in [-0.1, -0.05) is 12.1 Å². The van der Waals surface area contributed by atoms with Crippen molar-refractivity contribution in [1.82, 2.24) is 9.62 Å². The summed E-state index contributed by atoms with van der Waals surface area (Å²) >= 11 is 0. The van der Waals surface area contributed by atoms with Crippen LogP contribution in [-0.2, 0) is 24.7 Å². The van der Waals surface area contributed by atoms with Crippen LogP contribution in [0.25, 0.3) is 0 Å². The molecule has 2 amide bonds. The monoisotopic (exact) mass is 405 g/mol. The van der Waals surface area contributed by atoms with Crippen LogP contribution in [0.2, 0.25) is 0 Å². The van der Waals surface area contributed by atoms with Crippen molar-refractivity contribution in [2.24, 2.45) is 11.7 Å². The number of hydrogen-bond acceptors (Lipinski definition) is 6. The number of likely N-dealkylation sites (tertiary alicyclic amines) is 1. The second-order valence-corrected chi connectivity index (χ2v) is 9.62. The van der Waals surface area contributed by atoms with Crippen molar-refractivity contribution in [2.75, 3.05) is 12.8 Å². The van der Waals surface area contributed by atoms with Gasteiger partial charge in [0.15, 0.2) is 9.84 Å². The Kier molecular flexibility index (Phi) is 5.58. The van der Waals surface area contributed by atoms with E-state index in [1.807, 2.05) is 0 Å². The highest BCUT2D eigenvalue weighted by Gasteiger charge is 2.37. The number of carbonyl (C=O) groups excluding carboxylic acids is 1. The average molecular weight is 405 g/mol. The summed E-state index contributed by atoms with van der Waals surface area (Å²) < 4.78 is 51.3. The lowest BCUT2D eigenvalue weighted by atomic mass is 9.94. The molecule has 10 nitrogen and oxygen atoms in total. The zero-order valence-corrected chi connectivity index (χ0v) is 15.5. The number of carbonyl (C=O) groups is 2. The minimum atomic E-state index is -4.38. The summed E-state index contributed by atoms with van der Waals surface area (Å²) in [7, 11) is -8.21. The van der Waals surface area contributed by atoms with Gasteiger partial charge in [0.2, 0.25) is 15.9 Å². The Balaban J connectivity index is 2.41. The normalized spacial score (nSPS) is 21.3. The first-order valence-corrected chi connectivity index (χ1v) is 10.9. The van der Waals surface area contributed by atoms with E-state index in [1.54, 1.807) is 0 Å². The van der Waals surface area contributed by atoms with E-state index in [1.165, 1.54) is 12.1 Å². The molecule has 26 heavy (non-hydrogen) atoms.